The van der Waals surface area contributed by atoms with Gasteiger partial charge in [0, 0.05) is 12.6 Å². The van der Waals surface area contributed by atoms with Crippen molar-refractivity contribution in [2.45, 2.75) is 94.7 Å². The smallest absolute Gasteiger partial charge is 0.246 e. The number of fused-ring (bicyclic) bond motifs is 1. The fourth-order valence-corrected chi connectivity index (χ4v) is 6.93. The van der Waals surface area contributed by atoms with E-state index in [1.165, 1.54) is 6.42 Å². The lowest BCUT2D eigenvalue weighted by atomic mass is 9.70. The Morgan fingerprint density at radius 2 is 1.89 bits per heavy atom. The molecule has 3 amide bonds. The molecule has 3 saturated heterocycles. The lowest BCUT2D eigenvalue weighted by molar-refractivity contribution is -0.146. The highest BCUT2D eigenvalue weighted by Crippen LogP contribution is 2.58. The number of nitrogens with zero attached hydrogens (tertiary/aromatic N) is 1. The Kier molecular flexibility index (Phi) is 6.86. The Balaban J connectivity index is 1.41. The number of aliphatic hydroxyl groups is 1. The van der Waals surface area contributed by atoms with Crippen LogP contribution in [0.1, 0.15) is 63.9 Å². The zero-order valence-corrected chi connectivity index (χ0v) is 20.4. The van der Waals surface area contributed by atoms with Gasteiger partial charge in [0.15, 0.2) is 0 Å². The lowest BCUT2D eigenvalue weighted by Crippen LogP contribution is -2.59. The van der Waals surface area contributed by atoms with Gasteiger partial charge in [-0.05, 0) is 37.7 Å². The second-order valence-corrected chi connectivity index (χ2v) is 10.6. The molecule has 0 aromatic heterocycles. The van der Waals surface area contributed by atoms with Crippen LogP contribution in [-0.2, 0) is 25.7 Å². The Hall–Kier alpha value is -2.45. The zero-order valence-electron chi connectivity index (χ0n) is 20.4. The molecule has 4 fully saturated rings. The first kappa shape index (κ1) is 24.3. The molecular formula is C27H37N3O5. The molecule has 4 aliphatic rings. The summed E-state index contributed by atoms with van der Waals surface area (Å²) < 4.78 is 6.47. The van der Waals surface area contributed by atoms with E-state index in [0.29, 0.717) is 25.8 Å². The fourth-order valence-electron chi connectivity index (χ4n) is 6.93. The van der Waals surface area contributed by atoms with Gasteiger partial charge in [0.1, 0.15) is 11.6 Å². The van der Waals surface area contributed by atoms with Crippen molar-refractivity contribution in [1.29, 1.82) is 0 Å². The average molecular weight is 484 g/mol. The Morgan fingerprint density at radius 3 is 2.57 bits per heavy atom. The number of aliphatic hydroxyl groups excluding tert-OH is 1. The number of benzene rings is 1. The summed E-state index contributed by atoms with van der Waals surface area (Å²) in [6, 6.07) is 8.45. The van der Waals surface area contributed by atoms with E-state index in [-0.39, 0.29) is 36.5 Å². The van der Waals surface area contributed by atoms with Crippen molar-refractivity contribution < 1.29 is 24.2 Å². The van der Waals surface area contributed by atoms with Crippen LogP contribution >= 0.6 is 0 Å². The van der Waals surface area contributed by atoms with E-state index in [0.717, 1.165) is 31.2 Å². The number of hydrogen-bond acceptors (Lipinski definition) is 5. The molecule has 2 unspecified atom stereocenters. The molecule has 6 atom stereocenters. The molecule has 5 rings (SSSR count). The maximum Gasteiger partial charge on any atom is 0.246 e. The number of rotatable bonds is 8. The Morgan fingerprint density at radius 1 is 1.14 bits per heavy atom. The molecule has 3 N–H and O–H groups in total. The number of ether oxygens (including phenoxy) is 1. The summed E-state index contributed by atoms with van der Waals surface area (Å²) in [5, 5.41) is 16.3. The predicted octanol–water partition coefficient (Wildman–Crippen LogP) is 1.90. The van der Waals surface area contributed by atoms with Crippen LogP contribution in [0, 0.1) is 11.8 Å². The van der Waals surface area contributed by atoms with Crippen LogP contribution in [0.3, 0.4) is 0 Å². The molecule has 35 heavy (non-hydrogen) atoms. The fraction of sp³-hybridized carbons (Fsp3) is 0.667. The third kappa shape index (κ3) is 4.14. The van der Waals surface area contributed by atoms with E-state index in [9.17, 15) is 19.5 Å². The third-order valence-electron chi connectivity index (χ3n) is 8.63. The molecule has 3 heterocycles. The van der Waals surface area contributed by atoms with Crippen molar-refractivity contribution in [3.63, 3.8) is 0 Å². The highest BCUT2D eigenvalue weighted by atomic mass is 16.5. The van der Waals surface area contributed by atoms with Gasteiger partial charge in [-0.2, -0.15) is 0 Å². The van der Waals surface area contributed by atoms with Gasteiger partial charge in [0.2, 0.25) is 17.7 Å². The summed E-state index contributed by atoms with van der Waals surface area (Å²) in [5.74, 6) is -1.99. The Labute approximate surface area is 206 Å². The monoisotopic (exact) mass is 483 g/mol. The van der Waals surface area contributed by atoms with E-state index in [2.05, 4.69) is 10.6 Å². The standard InChI is InChI=1S/C27H37N3O5/c1-2-19(16-31)30-23(25(33)29-18-11-7-4-8-12-18)27-14-13-20(35-27)21(22(27)26(30)34)24(32)28-15-17-9-5-3-6-10-17/h3,5-6,9-10,18-23,31H,2,4,7-8,11-16H2,1H3,(H,28,32)(H,29,33)/t19-,20-,21+,22-,23?,27?/m0/s1. The third-order valence-corrected chi connectivity index (χ3v) is 8.63. The van der Waals surface area contributed by atoms with E-state index in [1.807, 2.05) is 37.3 Å². The molecular weight excluding hydrogens is 446 g/mol. The molecule has 1 saturated carbocycles. The van der Waals surface area contributed by atoms with Crippen molar-refractivity contribution in [1.82, 2.24) is 15.5 Å². The summed E-state index contributed by atoms with van der Waals surface area (Å²) in [6.45, 7) is 2.05. The Bertz CT molecular complexity index is 945. The number of nitrogens with one attached hydrogen (secondary N) is 2. The first-order valence-electron chi connectivity index (χ1n) is 13.2. The number of carbonyl (C=O) groups is 3. The van der Waals surface area contributed by atoms with Gasteiger partial charge in [-0.15, -0.1) is 0 Å². The topological polar surface area (TPSA) is 108 Å². The molecule has 1 spiro atoms. The molecule has 3 aliphatic heterocycles. The van der Waals surface area contributed by atoms with Crippen LogP contribution in [0.5, 0.6) is 0 Å². The van der Waals surface area contributed by atoms with Gasteiger partial charge in [-0.3, -0.25) is 14.4 Å². The van der Waals surface area contributed by atoms with E-state index in [4.69, 9.17) is 4.74 Å². The lowest BCUT2D eigenvalue weighted by Gasteiger charge is -2.37. The van der Waals surface area contributed by atoms with Crippen LogP contribution in [-0.4, -0.2) is 64.2 Å². The van der Waals surface area contributed by atoms with Crippen molar-refractivity contribution in [2.24, 2.45) is 11.8 Å². The van der Waals surface area contributed by atoms with E-state index in [1.54, 1.807) is 4.90 Å². The van der Waals surface area contributed by atoms with Gasteiger partial charge in [0.25, 0.3) is 0 Å². The molecule has 0 radical (unpaired) electrons. The van der Waals surface area contributed by atoms with Crippen molar-refractivity contribution in [3.8, 4) is 0 Å². The minimum atomic E-state index is -1.02. The highest BCUT2D eigenvalue weighted by molar-refractivity contribution is 5.99. The number of likely N-dealkylation sites (tertiary alicyclic amines) is 1. The second kappa shape index (κ2) is 9.90. The van der Waals surface area contributed by atoms with Gasteiger partial charge in [0.05, 0.1) is 30.6 Å². The number of amides is 3. The quantitative estimate of drug-likeness (QED) is 0.524. The van der Waals surface area contributed by atoms with E-state index >= 15 is 0 Å². The highest BCUT2D eigenvalue weighted by Gasteiger charge is 2.75. The van der Waals surface area contributed by atoms with Crippen molar-refractivity contribution >= 4 is 17.7 Å². The van der Waals surface area contributed by atoms with Crippen molar-refractivity contribution in [3.05, 3.63) is 35.9 Å². The summed E-state index contributed by atoms with van der Waals surface area (Å²) >= 11 is 0. The molecule has 1 aliphatic carbocycles. The average Bonchev–Trinajstić information content (AvgIpc) is 3.52. The van der Waals surface area contributed by atoms with Gasteiger partial charge in [-0.25, -0.2) is 0 Å². The molecule has 190 valence electrons. The van der Waals surface area contributed by atoms with Gasteiger partial charge < -0.3 is 25.4 Å². The molecule has 1 aromatic carbocycles. The van der Waals surface area contributed by atoms with E-state index < -0.39 is 29.5 Å². The summed E-state index contributed by atoms with van der Waals surface area (Å²) in [5.41, 5.74) is -0.0345. The maximum atomic E-state index is 13.9. The molecule has 8 nitrogen and oxygen atoms in total. The van der Waals surface area contributed by atoms with Crippen LogP contribution in [0.2, 0.25) is 0 Å². The van der Waals surface area contributed by atoms with Gasteiger partial charge >= 0.3 is 0 Å². The summed E-state index contributed by atoms with van der Waals surface area (Å²) in [6.07, 6.45) is 6.59. The van der Waals surface area contributed by atoms with Gasteiger partial charge in [-0.1, -0.05) is 56.5 Å². The first-order valence-corrected chi connectivity index (χ1v) is 13.2. The van der Waals surface area contributed by atoms with Crippen LogP contribution < -0.4 is 10.6 Å². The minimum absolute atomic E-state index is 0.0985. The van der Waals surface area contributed by atoms with Crippen LogP contribution in [0.25, 0.3) is 0 Å². The largest absolute Gasteiger partial charge is 0.394 e. The number of carbonyl (C=O) groups excluding carboxylic acids is 3. The summed E-state index contributed by atoms with van der Waals surface area (Å²) in [7, 11) is 0. The molecule has 8 heteroatoms. The zero-order chi connectivity index (χ0) is 24.6. The molecule has 2 bridgehead atoms. The van der Waals surface area contributed by atoms with Crippen molar-refractivity contribution in [2.75, 3.05) is 6.61 Å². The summed E-state index contributed by atoms with van der Waals surface area (Å²) in [4.78, 5) is 42.6. The molecule has 1 aromatic rings. The normalized spacial score (nSPS) is 33.0. The van der Waals surface area contributed by atoms with Crippen LogP contribution in [0.4, 0.5) is 0 Å². The second-order valence-electron chi connectivity index (χ2n) is 10.6. The number of hydrogen-bond donors (Lipinski definition) is 3. The predicted molar refractivity (Wildman–Crippen MR) is 129 cm³/mol. The maximum absolute atomic E-state index is 13.9. The first-order chi connectivity index (χ1) is 17.0. The SMILES string of the molecule is CC[C@@H](CO)N1C(=O)[C@@H]2[C@H](C(=O)NCc3ccccc3)[C@@H]3CCC2(O3)C1C(=O)NC1CCCCC1. The minimum Gasteiger partial charge on any atom is -0.394 e. The van der Waals surface area contributed by atoms with Crippen LogP contribution in [0.15, 0.2) is 30.3 Å².